The maximum Gasteiger partial charge on any atom is 0.243 e. The van der Waals surface area contributed by atoms with Crippen LogP contribution in [-0.2, 0) is 20.8 Å². The van der Waals surface area contributed by atoms with E-state index < -0.39 is 0 Å². The molecule has 4 atom stereocenters. The van der Waals surface area contributed by atoms with E-state index in [1.165, 1.54) is 4.80 Å². The summed E-state index contributed by atoms with van der Waals surface area (Å²) in [6.07, 6.45) is 1.23. The third-order valence-corrected chi connectivity index (χ3v) is 4.83. The van der Waals surface area contributed by atoms with E-state index in [-0.39, 0.29) is 30.5 Å². The SMILES string of the molecule is COC[C@H]1[C@@H](NC(=O)Cn2nc3ccccc3n2)[C@H]2CCO[C@H]21. The predicted octanol–water partition coefficient (Wildman–Crippen LogP) is 0.597. The van der Waals surface area contributed by atoms with E-state index >= 15 is 0 Å². The lowest BCUT2D eigenvalue weighted by atomic mass is 9.67. The van der Waals surface area contributed by atoms with Crippen molar-refractivity contribution in [1.82, 2.24) is 20.3 Å². The van der Waals surface area contributed by atoms with Crippen molar-refractivity contribution in [3.8, 4) is 0 Å². The lowest BCUT2D eigenvalue weighted by Gasteiger charge is -2.47. The third kappa shape index (κ3) is 2.60. The van der Waals surface area contributed by atoms with Gasteiger partial charge >= 0.3 is 0 Å². The maximum absolute atomic E-state index is 12.3. The van der Waals surface area contributed by atoms with Gasteiger partial charge in [-0.3, -0.25) is 4.79 Å². The van der Waals surface area contributed by atoms with E-state index in [9.17, 15) is 4.79 Å². The molecule has 1 aromatic heterocycles. The van der Waals surface area contributed by atoms with Gasteiger partial charge in [0.15, 0.2) is 0 Å². The first-order valence-corrected chi connectivity index (χ1v) is 7.96. The Bertz CT molecular complexity index is 683. The van der Waals surface area contributed by atoms with Gasteiger partial charge in [-0.05, 0) is 18.6 Å². The number of fused-ring (bicyclic) bond motifs is 2. The molecule has 1 amide bonds. The molecule has 4 rings (SSSR count). The standard InChI is InChI=1S/C16H20N4O3/c1-22-9-11-15(10-6-7-23-16(10)11)17-14(21)8-20-18-12-4-2-3-5-13(12)19-20/h2-5,10-11,15-16H,6-9H2,1H3,(H,17,21)/t10-,11+,15+,16-/m1/s1. The molecule has 1 aromatic carbocycles. The Labute approximate surface area is 133 Å². The van der Waals surface area contributed by atoms with Gasteiger partial charge in [0.25, 0.3) is 0 Å². The van der Waals surface area contributed by atoms with Crippen molar-refractivity contribution in [2.24, 2.45) is 11.8 Å². The lowest BCUT2D eigenvalue weighted by Crippen LogP contribution is -2.63. The highest BCUT2D eigenvalue weighted by Gasteiger charge is 2.54. The first-order chi connectivity index (χ1) is 11.3. The molecule has 7 nitrogen and oxygen atoms in total. The van der Waals surface area contributed by atoms with Gasteiger partial charge < -0.3 is 14.8 Å². The zero-order valence-corrected chi connectivity index (χ0v) is 13.0. The van der Waals surface area contributed by atoms with Gasteiger partial charge in [-0.15, -0.1) is 0 Å². The monoisotopic (exact) mass is 316 g/mol. The van der Waals surface area contributed by atoms with Crippen LogP contribution in [0.5, 0.6) is 0 Å². The quantitative estimate of drug-likeness (QED) is 0.874. The second kappa shape index (κ2) is 5.90. The summed E-state index contributed by atoms with van der Waals surface area (Å²) in [7, 11) is 1.68. The molecule has 122 valence electrons. The summed E-state index contributed by atoms with van der Waals surface area (Å²) >= 11 is 0. The number of rotatable bonds is 5. The zero-order chi connectivity index (χ0) is 15.8. The summed E-state index contributed by atoms with van der Waals surface area (Å²) in [5.74, 6) is 0.576. The average molecular weight is 316 g/mol. The van der Waals surface area contributed by atoms with Crippen molar-refractivity contribution < 1.29 is 14.3 Å². The van der Waals surface area contributed by atoms with Gasteiger partial charge in [0.1, 0.15) is 17.6 Å². The second-order valence-corrected chi connectivity index (χ2v) is 6.22. The smallest absolute Gasteiger partial charge is 0.243 e. The van der Waals surface area contributed by atoms with Crippen LogP contribution in [0.2, 0.25) is 0 Å². The fourth-order valence-corrected chi connectivity index (χ4v) is 3.77. The zero-order valence-electron chi connectivity index (χ0n) is 13.0. The van der Waals surface area contributed by atoms with Crippen molar-refractivity contribution >= 4 is 16.9 Å². The van der Waals surface area contributed by atoms with Crippen LogP contribution in [0.15, 0.2) is 24.3 Å². The molecule has 2 aliphatic rings. The molecular weight excluding hydrogens is 296 g/mol. The third-order valence-electron chi connectivity index (χ3n) is 4.83. The van der Waals surface area contributed by atoms with Gasteiger partial charge in [-0.25, -0.2) is 0 Å². The number of hydrogen-bond acceptors (Lipinski definition) is 5. The Kier molecular flexibility index (Phi) is 3.74. The minimum atomic E-state index is -0.0678. The normalized spacial score (nSPS) is 29.3. The number of benzene rings is 1. The van der Waals surface area contributed by atoms with E-state index in [1.807, 2.05) is 24.3 Å². The number of aromatic nitrogens is 3. The van der Waals surface area contributed by atoms with Crippen molar-refractivity contribution in [2.45, 2.75) is 25.1 Å². The highest BCUT2D eigenvalue weighted by molar-refractivity contribution is 5.77. The molecule has 1 N–H and O–H groups in total. The van der Waals surface area contributed by atoms with E-state index in [1.54, 1.807) is 7.11 Å². The van der Waals surface area contributed by atoms with Gasteiger partial charge in [-0.1, -0.05) is 12.1 Å². The fraction of sp³-hybridized carbons (Fsp3) is 0.562. The summed E-state index contributed by atoms with van der Waals surface area (Å²) in [5.41, 5.74) is 1.59. The topological polar surface area (TPSA) is 78.3 Å². The number of nitrogens with one attached hydrogen (secondary N) is 1. The largest absolute Gasteiger partial charge is 0.384 e. The molecular formula is C16H20N4O3. The Morgan fingerprint density at radius 3 is 2.83 bits per heavy atom. The molecule has 7 heteroatoms. The van der Waals surface area contributed by atoms with Crippen molar-refractivity contribution in [3.63, 3.8) is 0 Å². The number of carbonyl (C=O) groups excluding carboxylic acids is 1. The van der Waals surface area contributed by atoms with E-state index in [2.05, 4.69) is 15.5 Å². The lowest BCUT2D eigenvalue weighted by molar-refractivity contribution is -0.130. The number of ether oxygens (including phenoxy) is 2. The van der Waals surface area contributed by atoms with Crippen LogP contribution in [0.4, 0.5) is 0 Å². The van der Waals surface area contributed by atoms with E-state index in [0.29, 0.717) is 12.5 Å². The molecule has 0 spiro atoms. The summed E-state index contributed by atoms with van der Waals surface area (Å²) in [4.78, 5) is 13.8. The van der Waals surface area contributed by atoms with Crippen LogP contribution in [0.1, 0.15) is 6.42 Å². The number of hydrogen-bond donors (Lipinski definition) is 1. The highest BCUT2D eigenvalue weighted by atomic mass is 16.5. The van der Waals surface area contributed by atoms with Crippen LogP contribution in [-0.4, -0.2) is 53.4 Å². The predicted molar refractivity (Wildman–Crippen MR) is 82.7 cm³/mol. The Morgan fingerprint density at radius 2 is 2.13 bits per heavy atom. The van der Waals surface area contributed by atoms with Crippen molar-refractivity contribution in [2.75, 3.05) is 20.3 Å². The molecule has 1 saturated heterocycles. The molecule has 23 heavy (non-hydrogen) atoms. The van der Waals surface area contributed by atoms with E-state index in [4.69, 9.17) is 9.47 Å². The first-order valence-electron chi connectivity index (χ1n) is 7.96. The molecule has 1 aliphatic heterocycles. The molecule has 1 saturated carbocycles. The average Bonchev–Trinajstić information content (AvgIpc) is 3.14. The summed E-state index contributed by atoms with van der Waals surface area (Å²) in [5, 5.41) is 11.8. The highest BCUT2D eigenvalue weighted by Crippen LogP contribution is 2.43. The number of carbonyl (C=O) groups is 1. The number of methoxy groups -OCH3 is 1. The molecule has 2 aromatic rings. The molecule has 1 aliphatic carbocycles. The molecule has 0 bridgehead atoms. The fourth-order valence-electron chi connectivity index (χ4n) is 3.77. The van der Waals surface area contributed by atoms with E-state index in [0.717, 1.165) is 24.1 Å². The van der Waals surface area contributed by atoms with Crippen LogP contribution in [0, 0.1) is 11.8 Å². The molecule has 0 radical (unpaired) electrons. The Balaban J connectivity index is 1.41. The van der Waals surface area contributed by atoms with Gasteiger partial charge in [0, 0.05) is 31.6 Å². The second-order valence-electron chi connectivity index (χ2n) is 6.22. The van der Waals surface area contributed by atoms with Gasteiger partial charge in [0.2, 0.25) is 5.91 Å². The van der Waals surface area contributed by atoms with Crippen LogP contribution in [0.3, 0.4) is 0 Å². The molecule has 0 unspecified atom stereocenters. The molecule has 2 fully saturated rings. The maximum atomic E-state index is 12.3. The summed E-state index contributed by atoms with van der Waals surface area (Å²) in [6, 6.07) is 7.71. The Hall–Kier alpha value is -1.99. The number of amides is 1. The number of nitrogens with zero attached hydrogens (tertiary/aromatic N) is 3. The van der Waals surface area contributed by atoms with Crippen molar-refractivity contribution in [3.05, 3.63) is 24.3 Å². The first kappa shape index (κ1) is 14.6. The summed E-state index contributed by atoms with van der Waals surface area (Å²) < 4.78 is 11.0. The minimum absolute atomic E-state index is 0.0678. The summed E-state index contributed by atoms with van der Waals surface area (Å²) in [6.45, 7) is 1.51. The van der Waals surface area contributed by atoms with Gasteiger partial charge in [-0.2, -0.15) is 15.0 Å². The van der Waals surface area contributed by atoms with Crippen molar-refractivity contribution in [1.29, 1.82) is 0 Å². The van der Waals surface area contributed by atoms with Crippen LogP contribution >= 0.6 is 0 Å². The molecule has 2 heterocycles. The van der Waals surface area contributed by atoms with Gasteiger partial charge in [0.05, 0.1) is 12.7 Å². The van der Waals surface area contributed by atoms with Crippen LogP contribution < -0.4 is 5.32 Å². The van der Waals surface area contributed by atoms with Crippen LogP contribution in [0.25, 0.3) is 11.0 Å². The minimum Gasteiger partial charge on any atom is -0.384 e. The Morgan fingerprint density at radius 1 is 1.39 bits per heavy atom.